The Bertz CT molecular complexity index is 671. The van der Waals surface area contributed by atoms with Crippen LogP contribution in [0.25, 0.3) is 16.2 Å². The summed E-state index contributed by atoms with van der Waals surface area (Å²) >= 11 is -0.691. The van der Waals surface area contributed by atoms with Crippen molar-refractivity contribution in [2.24, 2.45) is 0 Å². The monoisotopic (exact) mass is 350 g/mol. The fourth-order valence-electron chi connectivity index (χ4n) is 1.75. The van der Waals surface area contributed by atoms with Gasteiger partial charge in [0.2, 0.25) is 0 Å². The SMILES string of the molecule is [O-][Cl+3]([O-])([O-])O[Se]1=CC=Cc2c1sc1ccccc21. The molecule has 1 aliphatic heterocycles. The second kappa shape index (κ2) is 4.52. The molecule has 7 heteroatoms. The van der Waals surface area contributed by atoms with E-state index in [2.05, 4.69) is 3.37 Å². The van der Waals surface area contributed by atoms with Crippen LogP contribution in [0.5, 0.6) is 0 Å². The van der Waals surface area contributed by atoms with E-state index in [-0.39, 0.29) is 0 Å². The summed E-state index contributed by atoms with van der Waals surface area (Å²) in [7, 11) is -4.38. The number of rotatable bonds is 2. The van der Waals surface area contributed by atoms with Gasteiger partial charge in [-0.25, -0.2) is 0 Å². The van der Waals surface area contributed by atoms with Gasteiger partial charge >= 0.3 is 113 Å². The van der Waals surface area contributed by atoms with Gasteiger partial charge in [0, 0.05) is 0 Å². The predicted octanol–water partition coefficient (Wildman–Crippen LogP) is -1.58. The van der Waals surface area contributed by atoms with Gasteiger partial charge in [0.15, 0.2) is 0 Å². The van der Waals surface area contributed by atoms with Crippen LogP contribution < -0.4 is 17.8 Å². The van der Waals surface area contributed by atoms with Gasteiger partial charge in [0.1, 0.15) is 0 Å². The number of fused-ring (bicyclic) bond motifs is 3. The van der Waals surface area contributed by atoms with Crippen molar-refractivity contribution < 1.29 is 27.6 Å². The third kappa shape index (κ3) is 2.30. The zero-order valence-corrected chi connectivity index (χ0v) is 12.2. The first-order chi connectivity index (χ1) is 8.54. The van der Waals surface area contributed by atoms with Crippen molar-refractivity contribution in [2.75, 3.05) is 0 Å². The molecule has 18 heavy (non-hydrogen) atoms. The molecular formula is C11H7ClO4SSe. The number of allylic oxidation sites excluding steroid dienone is 1. The van der Waals surface area contributed by atoms with Crippen molar-refractivity contribution in [2.45, 2.75) is 0 Å². The molecule has 0 saturated carbocycles. The van der Waals surface area contributed by atoms with Crippen molar-refractivity contribution in [3.05, 3.63) is 35.9 Å². The molecule has 0 fully saturated rings. The molecule has 0 spiro atoms. The molecule has 1 aromatic carbocycles. The van der Waals surface area contributed by atoms with E-state index in [1.54, 1.807) is 11.0 Å². The molecule has 94 valence electrons. The van der Waals surface area contributed by atoms with E-state index < -0.39 is 24.0 Å². The van der Waals surface area contributed by atoms with E-state index in [0.717, 1.165) is 19.4 Å². The number of benzene rings is 1. The Labute approximate surface area is 113 Å². The molecule has 3 rings (SSSR count). The van der Waals surface area contributed by atoms with Gasteiger partial charge in [-0.3, -0.25) is 0 Å². The van der Waals surface area contributed by atoms with Crippen molar-refractivity contribution in [3.63, 3.8) is 0 Å². The van der Waals surface area contributed by atoms with E-state index in [9.17, 15) is 14.0 Å². The molecule has 4 nitrogen and oxygen atoms in total. The summed E-state index contributed by atoms with van der Waals surface area (Å²) in [5.74, 6) is 0. The first kappa shape index (κ1) is 12.5. The van der Waals surface area contributed by atoms with Crippen LogP contribution in [0.15, 0.2) is 30.3 Å². The first-order valence-corrected chi connectivity index (χ1v) is 9.51. The van der Waals surface area contributed by atoms with Crippen LogP contribution in [-0.2, 0) is 3.37 Å². The summed E-state index contributed by atoms with van der Waals surface area (Å²) in [6.07, 6.45) is 3.68. The summed E-state index contributed by atoms with van der Waals surface area (Å²) in [4.78, 5) is 1.68. The fraction of sp³-hybridized carbons (Fsp3) is 0. The second-order valence-corrected chi connectivity index (χ2v) is 9.52. The van der Waals surface area contributed by atoms with Gasteiger partial charge < -0.3 is 0 Å². The van der Waals surface area contributed by atoms with E-state index in [0.29, 0.717) is 0 Å². The average molecular weight is 350 g/mol. The number of hydrogen-bond donors (Lipinski definition) is 0. The molecule has 0 amide bonds. The molecular weight excluding hydrogens is 343 g/mol. The molecule has 0 bridgehead atoms. The number of hydrogen-bond acceptors (Lipinski definition) is 5. The summed E-state index contributed by atoms with van der Waals surface area (Å²) in [6, 6.07) is 7.81. The van der Waals surface area contributed by atoms with Gasteiger partial charge in [-0.2, -0.15) is 0 Å². The number of thiophene rings is 1. The van der Waals surface area contributed by atoms with Gasteiger partial charge in [-0.15, -0.1) is 0 Å². The van der Waals surface area contributed by atoms with Crippen molar-refractivity contribution in [1.82, 2.24) is 0 Å². The average Bonchev–Trinajstić information content (AvgIpc) is 2.67. The van der Waals surface area contributed by atoms with Gasteiger partial charge in [-0.1, -0.05) is 0 Å². The Balaban J connectivity index is 2.14. The Hall–Kier alpha value is -0.561. The Morgan fingerprint density at radius 3 is 2.72 bits per heavy atom. The summed E-state index contributed by atoms with van der Waals surface area (Å²) in [6.45, 7) is 0. The van der Waals surface area contributed by atoms with Crippen LogP contribution in [0.1, 0.15) is 5.56 Å². The molecule has 0 saturated heterocycles. The Morgan fingerprint density at radius 2 is 1.94 bits per heavy atom. The van der Waals surface area contributed by atoms with Crippen LogP contribution >= 0.6 is 11.3 Å². The second-order valence-electron chi connectivity index (χ2n) is 3.53. The number of halogens is 1. The van der Waals surface area contributed by atoms with E-state index in [4.69, 9.17) is 0 Å². The topological polar surface area (TPSA) is 78.4 Å². The van der Waals surface area contributed by atoms with Gasteiger partial charge in [0.25, 0.3) is 0 Å². The summed E-state index contributed by atoms with van der Waals surface area (Å²) in [5.41, 5.74) is 0.974. The standard InChI is InChI=1S/C11H7ClO4SSe/c13-12(14,15)16-18-7-3-5-9-8-4-1-2-6-10(8)17-11(9)18/h1-7H. The fourth-order valence-corrected chi connectivity index (χ4v) is 8.02. The van der Waals surface area contributed by atoms with Crippen LogP contribution in [0.2, 0.25) is 0 Å². The van der Waals surface area contributed by atoms with E-state index in [1.807, 2.05) is 30.3 Å². The molecule has 2 heterocycles. The van der Waals surface area contributed by atoms with Gasteiger partial charge in [-0.05, 0) is 0 Å². The van der Waals surface area contributed by atoms with Crippen LogP contribution in [0.4, 0.5) is 0 Å². The molecule has 1 atom stereocenters. The zero-order valence-electron chi connectivity index (χ0n) is 8.87. The molecule has 1 aromatic heterocycles. The maximum absolute atomic E-state index is 10.7. The van der Waals surface area contributed by atoms with Crippen molar-refractivity contribution >= 4 is 50.0 Å². The minimum atomic E-state index is -4.38. The van der Waals surface area contributed by atoms with Crippen LogP contribution in [0.3, 0.4) is 0 Å². The van der Waals surface area contributed by atoms with Crippen molar-refractivity contribution in [3.8, 4) is 0 Å². The minimum absolute atomic E-state index is 0.866. The quantitative estimate of drug-likeness (QED) is 0.613. The molecule has 0 radical (unpaired) electrons. The molecule has 0 N–H and O–H groups in total. The Morgan fingerprint density at radius 1 is 1.17 bits per heavy atom. The maximum atomic E-state index is 10.7. The van der Waals surface area contributed by atoms with Crippen LogP contribution in [-0.4, -0.2) is 18.7 Å². The van der Waals surface area contributed by atoms with Gasteiger partial charge in [0.05, 0.1) is 0 Å². The summed E-state index contributed by atoms with van der Waals surface area (Å²) in [5, 5.41) is 1.07. The first-order valence-electron chi connectivity index (χ1n) is 4.91. The third-order valence-electron chi connectivity index (χ3n) is 2.39. The molecule has 1 unspecified atom stereocenters. The van der Waals surface area contributed by atoms with Crippen LogP contribution in [0, 0.1) is 10.2 Å². The normalized spacial score (nSPS) is 18.7. The zero-order chi connectivity index (χ0) is 12.8. The molecule has 1 aliphatic rings. The summed E-state index contributed by atoms with van der Waals surface area (Å²) < 4.78 is 38.7. The predicted molar refractivity (Wildman–Crippen MR) is 63.4 cm³/mol. The molecule has 0 aliphatic carbocycles. The van der Waals surface area contributed by atoms with E-state index >= 15 is 0 Å². The molecule has 2 aromatic rings. The van der Waals surface area contributed by atoms with E-state index in [1.165, 1.54) is 11.3 Å². The Kier molecular flexibility index (Phi) is 3.13. The third-order valence-corrected chi connectivity index (χ3v) is 8.94. The van der Waals surface area contributed by atoms with Crippen molar-refractivity contribution in [1.29, 1.82) is 0 Å².